The molecule has 0 fully saturated rings. The first-order valence-corrected chi connectivity index (χ1v) is 9.09. The summed E-state index contributed by atoms with van der Waals surface area (Å²) in [6.07, 6.45) is 2.77. The van der Waals surface area contributed by atoms with Crippen molar-refractivity contribution in [3.8, 4) is 6.07 Å². The van der Waals surface area contributed by atoms with Gasteiger partial charge in [0.25, 0.3) is 5.91 Å². The van der Waals surface area contributed by atoms with Gasteiger partial charge in [-0.05, 0) is 36.4 Å². The Labute approximate surface area is 175 Å². The maximum Gasteiger partial charge on any atom is 0.255 e. The summed E-state index contributed by atoms with van der Waals surface area (Å²) in [5, 5.41) is 12.3. The zero-order valence-electron chi connectivity index (χ0n) is 15.3. The number of hydrogen-bond acceptors (Lipinski definition) is 6. The minimum atomic E-state index is -0.447. The second kappa shape index (κ2) is 7.66. The van der Waals surface area contributed by atoms with Crippen LogP contribution in [0.3, 0.4) is 0 Å². The number of amides is 1. The first-order valence-electron chi connectivity index (χ1n) is 8.71. The normalized spacial score (nSPS) is 10.5. The molecule has 0 aliphatic heterocycles. The molecule has 4 rings (SSSR count). The molecule has 4 aromatic rings. The number of benzene rings is 2. The van der Waals surface area contributed by atoms with Crippen molar-refractivity contribution in [2.75, 3.05) is 11.1 Å². The number of hydrogen-bond donors (Lipinski definition) is 3. The van der Waals surface area contributed by atoms with E-state index in [-0.39, 0.29) is 27.5 Å². The highest BCUT2D eigenvalue weighted by Gasteiger charge is 2.21. The number of nitrogens with one attached hydrogen (secondary N) is 2. The molecule has 8 nitrogen and oxygen atoms in total. The number of aromatic nitrogens is 3. The largest absolute Gasteiger partial charge is 0.383 e. The molecule has 0 aliphatic carbocycles. The highest BCUT2D eigenvalue weighted by molar-refractivity contribution is 6.36. The lowest BCUT2D eigenvalue weighted by Crippen LogP contribution is -2.13. The van der Waals surface area contributed by atoms with Gasteiger partial charge in [-0.15, -0.1) is 0 Å². The number of nitriles is 1. The van der Waals surface area contributed by atoms with Gasteiger partial charge in [0, 0.05) is 23.0 Å². The molecule has 30 heavy (non-hydrogen) atoms. The van der Waals surface area contributed by atoms with Gasteiger partial charge in [0.05, 0.1) is 27.6 Å². The molecule has 146 valence electrons. The van der Waals surface area contributed by atoms with Gasteiger partial charge >= 0.3 is 0 Å². The van der Waals surface area contributed by atoms with Crippen molar-refractivity contribution < 1.29 is 9.59 Å². The van der Waals surface area contributed by atoms with Crippen molar-refractivity contribution in [1.29, 1.82) is 5.26 Å². The zero-order chi connectivity index (χ0) is 21.3. The minimum absolute atomic E-state index is 0.138. The van der Waals surface area contributed by atoms with E-state index in [9.17, 15) is 9.59 Å². The van der Waals surface area contributed by atoms with Crippen molar-refractivity contribution in [1.82, 2.24) is 15.0 Å². The number of carbonyl (C=O) groups excluding carboxylic acids is 2. The molecule has 4 N–H and O–H groups in total. The van der Waals surface area contributed by atoms with E-state index in [4.69, 9.17) is 22.6 Å². The molecule has 0 saturated carbocycles. The summed E-state index contributed by atoms with van der Waals surface area (Å²) >= 11 is 6.24. The Balaban J connectivity index is 1.68. The molecule has 0 spiro atoms. The Morgan fingerprint density at radius 1 is 1.13 bits per heavy atom. The highest BCUT2D eigenvalue weighted by Crippen LogP contribution is 2.27. The third-order valence-electron chi connectivity index (χ3n) is 4.47. The SMILES string of the molecule is N#Cc1cccc(NC(=O)c2ccc(Cl)c(C(=O)c3c[nH]c4ncnc(N)c34)c2)c1. The maximum absolute atomic E-state index is 13.1. The maximum atomic E-state index is 13.1. The predicted octanol–water partition coefficient (Wildman–Crippen LogP) is 3.55. The second-order valence-electron chi connectivity index (χ2n) is 6.36. The van der Waals surface area contributed by atoms with Crippen LogP contribution in [0.2, 0.25) is 5.02 Å². The number of nitrogens with zero attached hydrogens (tertiary/aromatic N) is 3. The summed E-state index contributed by atoms with van der Waals surface area (Å²) in [5.74, 6) is -0.710. The van der Waals surface area contributed by atoms with Crippen LogP contribution in [0.4, 0.5) is 11.5 Å². The average Bonchev–Trinajstić information content (AvgIpc) is 3.19. The van der Waals surface area contributed by atoms with E-state index in [2.05, 4.69) is 20.3 Å². The molecule has 0 bridgehead atoms. The van der Waals surface area contributed by atoms with Gasteiger partial charge in [-0.25, -0.2) is 9.97 Å². The monoisotopic (exact) mass is 416 g/mol. The molecule has 0 atom stereocenters. The number of H-pyrrole nitrogens is 1. The Kier molecular flexibility index (Phi) is 4.88. The Morgan fingerprint density at radius 3 is 2.77 bits per heavy atom. The number of aromatic amines is 1. The van der Waals surface area contributed by atoms with Gasteiger partial charge in [0.1, 0.15) is 17.8 Å². The summed E-state index contributed by atoms with van der Waals surface area (Å²) in [6.45, 7) is 0. The third-order valence-corrected chi connectivity index (χ3v) is 4.80. The van der Waals surface area contributed by atoms with Crippen LogP contribution in [0.15, 0.2) is 55.0 Å². The van der Waals surface area contributed by atoms with Gasteiger partial charge in [-0.3, -0.25) is 9.59 Å². The number of anilines is 2. The predicted molar refractivity (Wildman–Crippen MR) is 112 cm³/mol. The Hall–Kier alpha value is -4.22. The third kappa shape index (κ3) is 3.45. The van der Waals surface area contributed by atoms with Crippen LogP contribution < -0.4 is 11.1 Å². The van der Waals surface area contributed by atoms with Crippen molar-refractivity contribution in [3.05, 3.63) is 82.3 Å². The van der Waals surface area contributed by atoms with Crippen LogP contribution in [0.5, 0.6) is 0 Å². The molecular weight excluding hydrogens is 404 g/mol. The van der Waals surface area contributed by atoms with E-state index >= 15 is 0 Å². The topological polar surface area (TPSA) is 138 Å². The lowest BCUT2D eigenvalue weighted by molar-refractivity contribution is 0.102. The summed E-state index contributed by atoms with van der Waals surface area (Å²) in [7, 11) is 0. The molecule has 2 aromatic carbocycles. The first kappa shape index (κ1) is 19.1. The van der Waals surface area contributed by atoms with E-state index in [0.717, 1.165) is 0 Å². The van der Waals surface area contributed by atoms with Crippen LogP contribution in [-0.2, 0) is 0 Å². The standard InChI is InChI=1S/C21H13ClN6O2/c22-16-5-4-12(21(30)28-13-3-1-2-11(6-13)8-23)7-14(16)18(29)15-9-25-20-17(15)19(24)26-10-27-20/h1-7,9-10H,(H,28,30)(H3,24,25,26,27). The fourth-order valence-electron chi connectivity index (χ4n) is 3.02. The van der Waals surface area contributed by atoms with Crippen LogP contribution in [-0.4, -0.2) is 26.6 Å². The van der Waals surface area contributed by atoms with Gasteiger partial charge in [-0.2, -0.15) is 5.26 Å². The molecule has 1 amide bonds. The number of rotatable bonds is 4. The fraction of sp³-hybridized carbons (Fsp3) is 0. The van der Waals surface area contributed by atoms with Crippen molar-refractivity contribution in [2.45, 2.75) is 0 Å². The summed E-state index contributed by atoms with van der Waals surface area (Å²) in [4.78, 5) is 36.6. The summed E-state index contributed by atoms with van der Waals surface area (Å²) in [6, 6.07) is 12.9. The van der Waals surface area contributed by atoms with Crippen molar-refractivity contribution in [3.63, 3.8) is 0 Å². The van der Waals surface area contributed by atoms with Crippen LogP contribution in [0.1, 0.15) is 31.8 Å². The molecule has 0 saturated heterocycles. The van der Waals surface area contributed by atoms with Gasteiger partial charge in [0.15, 0.2) is 5.78 Å². The Bertz CT molecular complexity index is 1360. The number of ketones is 1. The molecule has 2 aromatic heterocycles. The number of nitrogens with two attached hydrogens (primary N) is 1. The Morgan fingerprint density at radius 2 is 1.97 bits per heavy atom. The number of nitrogen functional groups attached to an aromatic ring is 1. The molecule has 0 radical (unpaired) electrons. The molecule has 0 aliphatic rings. The van der Waals surface area contributed by atoms with E-state index < -0.39 is 11.7 Å². The fourth-order valence-corrected chi connectivity index (χ4v) is 3.22. The smallest absolute Gasteiger partial charge is 0.255 e. The highest BCUT2D eigenvalue weighted by atomic mass is 35.5. The van der Waals surface area contributed by atoms with E-state index in [0.29, 0.717) is 22.3 Å². The first-order chi connectivity index (χ1) is 14.5. The molecule has 2 heterocycles. The lowest BCUT2D eigenvalue weighted by atomic mass is 10.0. The van der Waals surface area contributed by atoms with Gasteiger partial charge < -0.3 is 16.0 Å². The zero-order valence-corrected chi connectivity index (χ0v) is 16.1. The second-order valence-corrected chi connectivity index (χ2v) is 6.76. The van der Waals surface area contributed by atoms with Crippen LogP contribution in [0.25, 0.3) is 11.0 Å². The van der Waals surface area contributed by atoms with Crippen LogP contribution in [0, 0.1) is 11.3 Å². The molecular formula is C21H13ClN6O2. The van der Waals surface area contributed by atoms with E-state index in [1.807, 2.05) is 6.07 Å². The lowest BCUT2D eigenvalue weighted by Gasteiger charge is -2.09. The summed E-state index contributed by atoms with van der Waals surface area (Å²) < 4.78 is 0. The quantitative estimate of drug-likeness (QED) is 0.435. The molecule has 0 unspecified atom stereocenters. The van der Waals surface area contributed by atoms with Crippen LogP contribution >= 0.6 is 11.6 Å². The molecule has 9 heteroatoms. The van der Waals surface area contributed by atoms with E-state index in [1.54, 1.807) is 24.3 Å². The summed E-state index contributed by atoms with van der Waals surface area (Å²) in [5.41, 5.74) is 7.82. The number of carbonyl (C=O) groups is 2. The van der Waals surface area contributed by atoms with Crippen molar-refractivity contribution >= 4 is 45.8 Å². The van der Waals surface area contributed by atoms with E-state index in [1.165, 1.54) is 30.7 Å². The van der Waals surface area contributed by atoms with Crippen molar-refractivity contribution in [2.24, 2.45) is 0 Å². The number of fused-ring (bicyclic) bond motifs is 1. The van der Waals surface area contributed by atoms with Gasteiger partial charge in [-0.1, -0.05) is 17.7 Å². The average molecular weight is 417 g/mol. The van der Waals surface area contributed by atoms with Gasteiger partial charge in [0.2, 0.25) is 0 Å². The minimum Gasteiger partial charge on any atom is -0.383 e. The number of halogens is 1.